The first-order valence-corrected chi connectivity index (χ1v) is 8.54. The number of fused-ring (bicyclic) bond motifs is 2. The summed E-state index contributed by atoms with van der Waals surface area (Å²) < 4.78 is 14.9. The average molecular weight is 384 g/mol. The second kappa shape index (κ2) is 5.45. The number of nitrogens with zero attached hydrogens (tertiary/aromatic N) is 3. The topological polar surface area (TPSA) is 38.1 Å². The van der Waals surface area contributed by atoms with Gasteiger partial charge < -0.3 is 0 Å². The Labute approximate surface area is 147 Å². The molecule has 4 rings (SSSR count). The van der Waals surface area contributed by atoms with Crippen LogP contribution in [0.2, 0.25) is 0 Å². The summed E-state index contributed by atoms with van der Waals surface area (Å²) in [6.45, 7) is 4.20. The Hall–Kier alpha value is -2.14. The molecule has 0 N–H and O–H groups in total. The molecule has 2 aromatic carbocycles. The molecule has 1 aromatic heterocycles. The minimum Gasteiger partial charge on any atom is -0.276 e. The van der Waals surface area contributed by atoms with Gasteiger partial charge in [-0.1, -0.05) is 40.2 Å². The van der Waals surface area contributed by atoms with Crippen LogP contribution < -0.4 is 0 Å². The van der Waals surface area contributed by atoms with Crippen LogP contribution in [0.25, 0.3) is 10.9 Å². The van der Waals surface area contributed by atoms with E-state index in [1.807, 2.05) is 30.3 Å². The number of hydrogen-bond donors (Lipinski definition) is 0. The molecule has 1 aliphatic heterocycles. The highest BCUT2D eigenvalue weighted by molar-refractivity contribution is 9.10. The summed E-state index contributed by atoms with van der Waals surface area (Å²) in [4.78, 5) is 4.90. The molecule has 3 aromatic rings. The van der Waals surface area contributed by atoms with Crippen molar-refractivity contribution in [1.82, 2.24) is 10.2 Å². The highest BCUT2D eigenvalue weighted by atomic mass is 79.9. The van der Waals surface area contributed by atoms with E-state index in [1.165, 1.54) is 11.6 Å². The number of benzene rings is 2. The van der Waals surface area contributed by atoms with Crippen molar-refractivity contribution < 1.29 is 4.39 Å². The van der Waals surface area contributed by atoms with Crippen LogP contribution in [-0.4, -0.2) is 21.4 Å². The molecule has 24 heavy (non-hydrogen) atoms. The van der Waals surface area contributed by atoms with Crippen molar-refractivity contribution in [2.75, 3.05) is 0 Å². The van der Waals surface area contributed by atoms with Gasteiger partial charge in [0.05, 0.1) is 11.3 Å². The van der Waals surface area contributed by atoms with E-state index in [9.17, 15) is 4.39 Å². The van der Waals surface area contributed by atoms with Gasteiger partial charge >= 0.3 is 0 Å². The van der Waals surface area contributed by atoms with Gasteiger partial charge in [0.2, 0.25) is 0 Å². The summed E-state index contributed by atoms with van der Waals surface area (Å²) in [5, 5.41) is 9.06. The van der Waals surface area contributed by atoms with Crippen LogP contribution >= 0.6 is 15.9 Å². The predicted molar refractivity (Wildman–Crippen MR) is 97.1 cm³/mol. The molecule has 0 radical (unpaired) electrons. The fourth-order valence-electron chi connectivity index (χ4n) is 3.14. The molecule has 0 aliphatic carbocycles. The van der Waals surface area contributed by atoms with Gasteiger partial charge in [0.25, 0.3) is 0 Å². The SMILES string of the molecule is CC1(C)Cc2c(Br)cccc2C(c2cc3cccc(F)c3nn2)=N1. The maximum atomic E-state index is 13.8. The van der Waals surface area contributed by atoms with Gasteiger partial charge in [-0.25, -0.2) is 4.39 Å². The minimum absolute atomic E-state index is 0.231. The third-order valence-electron chi connectivity index (χ3n) is 4.21. The van der Waals surface area contributed by atoms with Crippen LogP contribution in [0.15, 0.2) is 51.9 Å². The van der Waals surface area contributed by atoms with E-state index in [0.29, 0.717) is 5.69 Å². The Kier molecular flexibility index (Phi) is 3.49. The van der Waals surface area contributed by atoms with Gasteiger partial charge in [-0.2, -0.15) is 0 Å². The summed E-state index contributed by atoms with van der Waals surface area (Å²) in [6, 6.07) is 12.9. The van der Waals surface area contributed by atoms with Crippen molar-refractivity contribution in [1.29, 1.82) is 0 Å². The van der Waals surface area contributed by atoms with Crippen LogP contribution in [0, 0.1) is 5.82 Å². The molecule has 1 aliphatic rings. The van der Waals surface area contributed by atoms with E-state index >= 15 is 0 Å². The monoisotopic (exact) mass is 383 g/mol. The molecule has 0 amide bonds. The van der Waals surface area contributed by atoms with Gasteiger partial charge in [-0.05, 0) is 44.0 Å². The van der Waals surface area contributed by atoms with Crippen LogP contribution in [-0.2, 0) is 6.42 Å². The lowest BCUT2D eigenvalue weighted by Gasteiger charge is -2.29. The van der Waals surface area contributed by atoms with E-state index in [-0.39, 0.29) is 16.9 Å². The smallest absolute Gasteiger partial charge is 0.151 e. The summed E-state index contributed by atoms with van der Waals surface area (Å²) >= 11 is 3.64. The third-order valence-corrected chi connectivity index (χ3v) is 4.95. The van der Waals surface area contributed by atoms with Crippen LogP contribution in [0.5, 0.6) is 0 Å². The van der Waals surface area contributed by atoms with Crippen LogP contribution in [0.1, 0.15) is 30.7 Å². The van der Waals surface area contributed by atoms with Crippen LogP contribution in [0.4, 0.5) is 4.39 Å². The molecule has 0 unspecified atom stereocenters. The Balaban J connectivity index is 1.95. The van der Waals surface area contributed by atoms with Gasteiger partial charge in [-0.3, -0.25) is 4.99 Å². The lowest BCUT2D eigenvalue weighted by Crippen LogP contribution is -2.30. The molecule has 0 spiro atoms. The van der Waals surface area contributed by atoms with Crippen molar-refractivity contribution in [2.45, 2.75) is 25.8 Å². The number of aromatic nitrogens is 2. The van der Waals surface area contributed by atoms with Crippen molar-refractivity contribution in [2.24, 2.45) is 4.99 Å². The number of rotatable bonds is 1. The lowest BCUT2D eigenvalue weighted by molar-refractivity contribution is 0.512. The van der Waals surface area contributed by atoms with Gasteiger partial charge in [0, 0.05) is 15.4 Å². The van der Waals surface area contributed by atoms with Crippen molar-refractivity contribution >= 4 is 32.5 Å². The predicted octanol–water partition coefficient (Wildman–Crippen LogP) is 4.70. The second-order valence-electron chi connectivity index (χ2n) is 6.62. The molecule has 0 fully saturated rings. The Morgan fingerprint density at radius 2 is 1.88 bits per heavy atom. The molecule has 120 valence electrons. The molecule has 0 saturated carbocycles. The normalized spacial score (nSPS) is 15.9. The minimum atomic E-state index is -0.361. The van der Waals surface area contributed by atoms with Crippen LogP contribution in [0.3, 0.4) is 0 Å². The summed E-state index contributed by atoms with van der Waals surface area (Å²) in [5.41, 5.74) is 3.79. The Morgan fingerprint density at radius 1 is 1.08 bits per heavy atom. The first-order valence-electron chi connectivity index (χ1n) is 7.74. The first kappa shape index (κ1) is 15.4. The molecule has 0 saturated heterocycles. The van der Waals surface area contributed by atoms with E-state index in [1.54, 1.807) is 6.07 Å². The summed E-state index contributed by atoms with van der Waals surface area (Å²) in [5.74, 6) is -0.361. The largest absolute Gasteiger partial charge is 0.276 e. The first-order chi connectivity index (χ1) is 11.4. The van der Waals surface area contributed by atoms with E-state index < -0.39 is 0 Å². The number of halogens is 2. The summed E-state index contributed by atoms with van der Waals surface area (Å²) in [6.07, 6.45) is 0.850. The fraction of sp³-hybridized carbons (Fsp3) is 0.211. The average Bonchev–Trinajstić information content (AvgIpc) is 2.54. The molecule has 2 heterocycles. The maximum absolute atomic E-state index is 13.8. The molecule has 3 nitrogen and oxygen atoms in total. The van der Waals surface area contributed by atoms with Gasteiger partial charge in [-0.15, -0.1) is 10.2 Å². The maximum Gasteiger partial charge on any atom is 0.151 e. The zero-order chi connectivity index (χ0) is 16.9. The van der Waals surface area contributed by atoms with Crippen molar-refractivity contribution in [3.05, 3.63) is 69.6 Å². The fourth-order valence-corrected chi connectivity index (χ4v) is 3.65. The second-order valence-corrected chi connectivity index (χ2v) is 7.48. The lowest BCUT2D eigenvalue weighted by atomic mass is 9.86. The molecule has 5 heteroatoms. The zero-order valence-electron chi connectivity index (χ0n) is 13.3. The highest BCUT2D eigenvalue weighted by Gasteiger charge is 2.29. The standard InChI is InChI=1S/C19H15BrFN3/c1-19(2)10-13-12(6-4-7-14(13)20)18(22-19)16-9-11-5-3-8-15(21)17(11)24-23-16/h3-9H,10H2,1-2H3. The van der Waals surface area contributed by atoms with E-state index in [0.717, 1.165) is 27.6 Å². The summed E-state index contributed by atoms with van der Waals surface area (Å²) in [7, 11) is 0. The van der Waals surface area contributed by atoms with Crippen molar-refractivity contribution in [3.63, 3.8) is 0 Å². The van der Waals surface area contributed by atoms with Crippen molar-refractivity contribution in [3.8, 4) is 0 Å². The van der Waals surface area contributed by atoms with E-state index in [4.69, 9.17) is 4.99 Å². The Morgan fingerprint density at radius 3 is 2.71 bits per heavy atom. The molecular formula is C19H15BrFN3. The number of aliphatic imine (C=N–C) groups is 1. The zero-order valence-corrected chi connectivity index (χ0v) is 14.9. The van der Waals surface area contributed by atoms with Gasteiger partial charge in [0.1, 0.15) is 11.2 Å². The van der Waals surface area contributed by atoms with Gasteiger partial charge in [0.15, 0.2) is 5.82 Å². The van der Waals surface area contributed by atoms with E-state index in [2.05, 4.69) is 40.0 Å². The quantitative estimate of drug-likeness (QED) is 0.610. The third kappa shape index (κ3) is 2.53. The molecule has 0 atom stereocenters. The number of hydrogen-bond acceptors (Lipinski definition) is 3. The Bertz CT molecular complexity index is 995. The highest BCUT2D eigenvalue weighted by Crippen LogP contribution is 2.33. The molecule has 0 bridgehead atoms. The molecular weight excluding hydrogens is 369 g/mol.